The third-order valence-electron chi connectivity index (χ3n) is 13.5. The Labute approximate surface area is 490 Å². The highest BCUT2D eigenvalue weighted by Gasteiger charge is 2.50. The standard InChI is InChI=1S/C69H110O12/c1-4-7-10-13-16-19-22-25-28-30-31-33-35-37-40-43-46-49-52-55-61(70)77-58-60(79-62(71)56-53-50-47-44-41-38-34-27-24-21-18-15-12-9-6-3)59-78-69-67(65(74)64(73)66(81-69)68(75)76)80-63(72)57-54-51-48-45-42-39-36-32-29-26-23-20-17-14-11-8-5-2/h7-8,10-11,16-17,19-20,25-26,28-29,31,33,36-37,39-40,46,49,60,64-67,69,73-74H,4-6,9,12-15,18,21-24,27,30,32,34-35,38,41-45,47-48,50-59H2,1-3H3,(H,75,76)/b10-7-,11-8-,19-16-,20-17-,28-25-,29-26-,33-31-,39-36-,40-37-,49-46-. The molecule has 1 fully saturated rings. The van der Waals surface area contributed by atoms with Gasteiger partial charge < -0.3 is 39.0 Å². The normalized spacial score (nSPS) is 18.6. The molecule has 458 valence electrons. The lowest BCUT2D eigenvalue weighted by molar-refractivity contribution is -0.301. The smallest absolute Gasteiger partial charge is 0.335 e. The summed E-state index contributed by atoms with van der Waals surface area (Å²) in [4.78, 5) is 51.2. The molecule has 1 saturated heterocycles. The number of aliphatic carboxylic acids is 1. The Morgan fingerprint density at radius 1 is 0.420 bits per heavy atom. The Hall–Kier alpha value is -4.88. The first-order chi connectivity index (χ1) is 39.6. The zero-order valence-electron chi connectivity index (χ0n) is 50.5. The van der Waals surface area contributed by atoms with E-state index in [2.05, 4.69) is 130 Å². The Morgan fingerprint density at radius 3 is 1.23 bits per heavy atom. The summed E-state index contributed by atoms with van der Waals surface area (Å²) in [6, 6.07) is 0. The van der Waals surface area contributed by atoms with Crippen molar-refractivity contribution in [1.29, 1.82) is 0 Å². The maximum Gasteiger partial charge on any atom is 0.335 e. The van der Waals surface area contributed by atoms with Crippen LogP contribution in [0.3, 0.4) is 0 Å². The van der Waals surface area contributed by atoms with Gasteiger partial charge >= 0.3 is 23.9 Å². The molecule has 6 atom stereocenters. The van der Waals surface area contributed by atoms with Crippen LogP contribution in [-0.4, -0.2) is 89.2 Å². The van der Waals surface area contributed by atoms with Crippen molar-refractivity contribution in [1.82, 2.24) is 0 Å². The molecule has 1 rings (SSSR count). The quantitative estimate of drug-likeness (QED) is 0.0228. The number of allylic oxidation sites excluding steroid dienone is 20. The number of aliphatic hydroxyl groups is 2. The predicted molar refractivity (Wildman–Crippen MR) is 330 cm³/mol. The average molecular weight is 1130 g/mol. The van der Waals surface area contributed by atoms with Crippen LogP contribution in [0.5, 0.6) is 0 Å². The molecule has 0 aromatic carbocycles. The van der Waals surface area contributed by atoms with Crippen molar-refractivity contribution >= 4 is 23.9 Å². The van der Waals surface area contributed by atoms with Gasteiger partial charge in [0.2, 0.25) is 0 Å². The second-order valence-corrected chi connectivity index (χ2v) is 20.9. The first-order valence-corrected chi connectivity index (χ1v) is 31.5. The van der Waals surface area contributed by atoms with E-state index in [0.717, 1.165) is 109 Å². The van der Waals surface area contributed by atoms with Crippen molar-refractivity contribution < 1.29 is 58.2 Å². The van der Waals surface area contributed by atoms with Gasteiger partial charge in [-0.05, 0) is 96.3 Å². The zero-order chi connectivity index (χ0) is 58.9. The number of ether oxygens (including phenoxy) is 5. The Balaban J connectivity index is 2.74. The second-order valence-electron chi connectivity index (χ2n) is 20.9. The van der Waals surface area contributed by atoms with E-state index in [1.165, 1.54) is 70.6 Å². The number of rotatable bonds is 52. The van der Waals surface area contributed by atoms with Crippen LogP contribution >= 0.6 is 0 Å². The van der Waals surface area contributed by atoms with Gasteiger partial charge in [0.05, 0.1) is 6.61 Å². The lowest BCUT2D eigenvalue weighted by Gasteiger charge is -2.40. The largest absolute Gasteiger partial charge is 0.479 e. The molecular formula is C69H110O12. The highest BCUT2D eigenvalue weighted by Crippen LogP contribution is 2.26. The number of hydrogen-bond donors (Lipinski definition) is 3. The third-order valence-corrected chi connectivity index (χ3v) is 13.5. The molecule has 1 aliphatic heterocycles. The van der Waals surface area contributed by atoms with Gasteiger partial charge in [-0.25, -0.2) is 4.79 Å². The molecule has 0 amide bonds. The minimum atomic E-state index is -1.93. The van der Waals surface area contributed by atoms with E-state index >= 15 is 0 Å². The van der Waals surface area contributed by atoms with Crippen LogP contribution in [0.4, 0.5) is 0 Å². The molecule has 6 unspecified atom stereocenters. The van der Waals surface area contributed by atoms with Crippen molar-refractivity contribution in [3.8, 4) is 0 Å². The minimum absolute atomic E-state index is 0.0203. The number of unbranched alkanes of at least 4 members (excludes halogenated alkanes) is 18. The number of esters is 3. The van der Waals surface area contributed by atoms with Crippen molar-refractivity contribution in [2.24, 2.45) is 0 Å². The van der Waals surface area contributed by atoms with Gasteiger partial charge in [0.15, 0.2) is 24.6 Å². The number of carboxylic acids is 1. The SMILES string of the molecule is CC/C=C\C/C=C\C/C=C\C/C=C\C/C=C\C/C=C\CCC(=O)OCC(COC1OC(C(=O)O)C(O)C(O)C1OC(=O)CCCCCC/C=C\C/C=C\C/C=C\C/C=C\CC)OC(=O)CCCCCCCCCCCCCCCCC. The summed E-state index contributed by atoms with van der Waals surface area (Å²) >= 11 is 0. The molecule has 1 heterocycles. The summed E-state index contributed by atoms with van der Waals surface area (Å²) in [6.45, 7) is 5.70. The fraction of sp³-hybridized carbons (Fsp3) is 0.652. The van der Waals surface area contributed by atoms with Gasteiger partial charge in [0, 0.05) is 19.3 Å². The molecule has 0 aromatic rings. The molecule has 0 saturated carbocycles. The van der Waals surface area contributed by atoms with E-state index in [1.807, 2.05) is 12.2 Å². The lowest BCUT2D eigenvalue weighted by Crippen LogP contribution is -2.61. The van der Waals surface area contributed by atoms with E-state index in [9.17, 15) is 34.5 Å². The molecule has 12 nitrogen and oxygen atoms in total. The molecular weight excluding hydrogens is 1020 g/mol. The third kappa shape index (κ3) is 45.3. The summed E-state index contributed by atoms with van der Waals surface area (Å²) in [7, 11) is 0. The maximum absolute atomic E-state index is 13.2. The number of hydrogen-bond acceptors (Lipinski definition) is 11. The highest BCUT2D eigenvalue weighted by molar-refractivity contribution is 5.74. The van der Waals surface area contributed by atoms with Crippen LogP contribution < -0.4 is 0 Å². The average Bonchev–Trinajstić information content (AvgIpc) is 3.53. The molecule has 0 radical (unpaired) electrons. The van der Waals surface area contributed by atoms with E-state index in [4.69, 9.17) is 23.7 Å². The summed E-state index contributed by atoms with van der Waals surface area (Å²) in [6.07, 6.45) is 64.5. The summed E-state index contributed by atoms with van der Waals surface area (Å²) in [5.74, 6) is -3.27. The van der Waals surface area contributed by atoms with Gasteiger partial charge in [0.25, 0.3) is 0 Å². The van der Waals surface area contributed by atoms with Gasteiger partial charge in [-0.2, -0.15) is 0 Å². The number of carboxylic acid groups (broad SMARTS) is 1. The fourth-order valence-electron chi connectivity index (χ4n) is 8.80. The highest BCUT2D eigenvalue weighted by atomic mass is 16.7. The van der Waals surface area contributed by atoms with Gasteiger partial charge in [-0.15, -0.1) is 0 Å². The molecule has 12 heteroatoms. The molecule has 81 heavy (non-hydrogen) atoms. The fourth-order valence-corrected chi connectivity index (χ4v) is 8.80. The summed E-state index contributed by atoms with van der Waals surface area (Å²) < 4.78 is 28.4. The zero-order valence-corrected chi connectivity index (χ0v) is 50.5. The number of aliphatic hydroxyl groups excluding tert-OH is 2. The van der Waals surface area contributed by atoms with E-state index in [-0.39, 0.29) is 25.9 Å². The summed E-state index contributed by atoms with van der Waals surface area (Å²) in [5, 5.41) is 31.6. The molecule has 0 aromatic heterocycles. The molecule has 0 aliphatic carbocycles. The first-order valence-electron chi connectivity index (χ1n) is 31.5. The summed E-state index contributed by atoms with van der Waals surface area (Å²) in [5.41, 5.74) is 0. The Bertz CT molecular complexity index is 1870. The van der Waals surface area contributed by atoms with Crippen LogP contribution in [0.25, 0.3) is 0 Å². The first kappa shape index (κ1) is 74.1. The second kappa shape index (κ2) is 55.6. The van der Waals surface area contributed by atoms with Crippen LogP contribution in [0, 0.1) is 0 Å². The lowest BCUT2D eigenvalue weighted by atomic mass is 9.98. The molecule has 3 N–H and O–H groups in total. The van der Waals surface area contributed by atoms with Gasteiger partial charge in [0.1, 0.15) is 18.8 Å². The predicted octanol–water partition coefficient (Wildman–Crippen LogP) is 16.8. The number of carbonyl (C=O) groups excluding carboxylic acids is 3. The Morgan fingerprint density at radius 2 is 0.802 bits per heavy atom. The minimum Gasteiger partial charge on any atom is -0.479 e. The molecule has 0 bridgehead atoms. The van der Waals surface area contributed by atoms with E-state index in [0.29, 0.717) is 19.3 Å². The van der Waals surface area contributed by atoms with Crippen molar-refractivity contribution in [3.63, 3.8) is 0 Å². The van der Waals surface area contributed by atoms with Crippen LogP contribution in [-0.2, 0) is 42.9 Å². The van der Waals surface area contributed by atoms with E-state index < -0.39 is 67.3 Å². The van der Waals surface area contributed by atoms with Crippen molar-refractivity contribution in [2.75, 3.05) is 13.2 Å². The monoisotopic (exact) mass is 1130 g/mol. The number of carbonyl (C=O) groups is 4. The van der Waals surface area contributed by atoms with Gasteiger partial charge in [-0.1, -0.05) is 245 Å². The topological polar surface area (TPSA) is 175 Å². The van der Waals surface area contributed by atoms with Gasteiger partial charge in [-0.3, -0.25) is 14.4 Å². The van der Waals surface area contributed by atoms with Crippen molar-refractivity contribution in [2.45, 2.75) is 276 Å². The maximum atomic E-state index is 13.2. The molecule has 1 aliphatic rings. The van der Waals surface area contributed by atoms with Crippen LogP contribution in [0.2, 0.25) is 0 Å². The van der Waals surface area contributed by atoms with Crippen LogP contribution in [0.15, 0.2) is 122 Å². The van der Waals surface area contributed by atoms with E-state index in [1.54, 1.807) is 0 Å². The van der Waals surface area contributed by atoms with Crippen LogP contribution in [0.1, 0.15) is 239 Å². The van der Waals surface area contributed by atoms with Crippen molar-refractivity contribution in [3.05, 3.63) is 122 Å². The Kier molecular flexibility index (Phi) is 50.9. The molecule has 0 spiro atoms.